The summed E-state index contributed by atoms with van der Waals surface area (Å²) in [5, 5.41) is 13.8. The first-order chi connectivity index (χ1) is 13.0. The summed E-state index contributed by atoms with van der Waals surface area (Å²) in [6.45, 7) is 1.58. The van der Waals surface area contributed by atoms with Crippen LogP contribution in [0.2, 0.25) is 0 Å². The number of nitrogens with one attached hydrogen (secondary N) is 1. The van der Waals surface area contributed by atoms with E-state index < -0.39 is 11.9 Å². The lowest BCUT2D eigenvalue weighted by molar-refractivity contribution is -0.118. The van der Waals surface area contributed by atoms with E-state index in [1.165, 1.54) is 13.2 Å². The summed E-state index contributed by atoms with van der Waals surface area (Å²) >= 11 is 0. The van der Waals surface area contributed by atoms with Gasteiger partial charge in [0.1, 0.15) is 17.1 Å². The second kappa shape index (κ2) is 7.78. The minimum Gasteiger partial charge on any atom is -0.495 e. The number of carbonyl (C=O) groups excluding carboxylic acids is 1. The predicted octanol–water partition coefficient (Wildman–Crippen LogP) is 3.87. The number of aromatic carboxylic acids is 1. The second-order valence-electron chi connectivity index (χ2n) is 6.04. The number of hydrogen-bond acceptors (Lipinski definition) is 4. The number of ether oxygens (including phenoxy) is 2. The van der Waals surface area contributed by atoms with Crippen molar-refractivity contribution in [2.75, 3.05) is 19.0 Å². The first-order valence-electron chi connectivity index (χ1n) is 8.31. The first-order valence-corrected chi connectivity index (χ1v) is 8.31. The van der Waals surface area contributed by atoms with E-state index in [0.717, 1.165) is 16.3 Å². The SMILES string of the molecule is COc1ccc(C)cc1NC(=O)COc1cc2ccccc2cc1C(=O)O. The molecule has 3 aromatic rings. The van der Waals surface area contributed by atoms with Crippen LogP contribution in [0.1, 0.15) is 15.9 Å². The van der Waals surface area contributed by atoms with E-state index >= 15 is 0 Å². The van der Waals surface area contributed by atoms with Gasteiger partial charge in [-0.05, 0) is 47.5 Å². The molecule has 0 aliphatic rings. The fourth-order valence-corrected chi connectivity index (χ4v) is 2.76. The van der Waals surface area contributed by atoms with Gasteiger partial charge >= 0.3 is 5.97 Å². The normalized spacial score (nSPS) is 10.4. The highest BCUT2D eigenvalue weighted by Crippen LogP contribution is 2.27. The highest BCUT2D eigenvalue weighted by Gasteiger charge is 2.15. The third-order valence-electron chi connectivity index (χ3n) is 4.07. The van der Waals surface area contributed by atoms with Crippen molar-refractivity contribution in [1.82, 2.24) is 0 Å². The zero-order valence-corrected chi connectivity index (χ0v) is 15.0. The third-order valence-corrected chi connectivity index (χ3v) is 4.07. The van der Waals surface area contributed by atoms with Crippen LogP contribution in [-0.4, -0.2) is 30.7 Å². The number of carboxylic acids is 1. The average molecular weight is 365 g/mol. The van der Waals surface area contributed by atoms with Gasteiger partial charge in [0.15, 0.2) is 6.61 Å². The smallest absolute Gasteiger partial charge is 0.339 e. The summed E-state index contributed by atoms with van der Waals surface area (Å²) in [6, 6.07) is 15.9. The topological polar surface area (TPSA) is 84.9 Å². The zero-order valence-electron chi connectivity index (χ0n) is 15.0. The molecule has 0 unspecified atom stereocenters. The minimum atomic E-state index is -1.11. The van der Waals surface area contributed by atoms with Gasteiger partial charge < -0.3 is 19.9 Å². The summed E-state index contributed by atoms with van der Waals surface area (Å²) < 4.78 is 10.7. The van der Waals surface area contributed by atoms with Crippen LogP contribution in [0.15, 0.2) is 54.6 Å². The lowest BCUT2D eigenvalue weighted by atomic mass is 10.1. The van der Waals surface area contributed by atoms with Gasteiger partial charge in [-0.1, -0.05) is 30.3 Å². The Morgan fingerprint density at radius 1 is 1.00 bits per heavy atom. The first kappa shape index (κ1) is 18.3. The molecular weight excluding hydrogens is 346 g/mol. The van der Waals surface area contributed by atoms with Crippen LogP contribution < -0.4 is 14.8 Å². The van der Waals surface area contributed by atoms with E-state index in [-0.39, 0.29) is 17.9 Å². The van der Waals surface area contributed by atoms with Gasteiger partial charge in [0, 0.05) is 0 Å². The molecule has 0 aliphatic heterocycles. The maximum Gasteiger partial charge on any atom is 0.339 e. The number of aryl methyl sites for hydroxylation is 1. The van der Waals surface area contributed by atoms with Crippen molar-refractivity contribution in [3.63, 3.8) is 0 Å². The molecule has 0 fully saturated rings. The summed E-state index contributed by atoms with van der Waals surface area (Å²) in [6.07, 6.45) is 0. The number of fused-ring (bicyclic) bond motifs is 1. The largest absolute Gasteiger partial charge is 0.495 e. The lowest BCUT2D eigenvalue weighted by Crippen LogP contribution is -2.21. The number of benzene rings is 3. The van der Waals surface area contributed by atoms with E-state index in [0.29, 0.717) is 11.4 Å². The molecule has 0 saturated heterocycles. The van der Waals surface area contributed by atoms with Crippen LogP contribution >= 0.6 is 0 Å². The Bertz CT molecular complexity index is 1010. The fourth-order valence-electron chi connectivity index (χ4n) is 2.76. The van der Waals surface area contributed by atoms with Gasteiger partial charge in [-0.2, -0.15) is 0 Å². The van der Waals surface area contributed by atoms with Crippen molar-refractivity contribution in [1.29, 1.82) is 0 Å². The maximum atomic E-state index is 12.3. The second-order valence-corrected chi connectivity index (χ2v) is 6.04. The molecular formula is C21H19NO5. The molecule has 3 rings (SSSR count). The van der Waals surface area contributed by atoms with Crippen LogP contribution in [-0.2, 0) is 4.79 Å². The summed E-state index contributed by atoms with van der Waals surface area (Å²) in [5.74, 6) is -0.849. The van der Waals surface area contributed by atoms with Crippen LogP contribution in [0.25, 0.3) is 10.8 Å². The van der Waals surface area contributed by atoms with E-state index in [2.05, 4.69) is 5.32 Å². The Morgan fingerprint density at radius 2 is 1.70 bits per heavy atom. The van der Waals surface area contributed by atoms with Gasteiger partial charge in [-0.25, -0.2) is 4.79 Å². The van der Waals surface area contributed by atoms with Gasteiger partial charge in [-0.15, -0.1) is 0 Å². The van der Waals surface area contributed by atoms with E-state index in [4.69, 9.17) is 9.47 Å². The Balaban J connectivity index is 1.78. The molecule has 6 nitrogen and oxygen atoms in total. The van der Waals surface area contributed by atoms with Crippen LogP contribution in [0.3, 0.4) is 0 Å². The van der Waals surface area contributed by atoms with Crippen molar-refractivity contribution >= 4 is 28.3 Å². The van der Waals surface area contributed by atoms with Gasteiger partial charge in [0.2, 0.25) is 0 Å². The lowest BCUT2D eigenvalue weighted by Gasteiger charge is -2.13. The summed E-state index contributed by atoms with van der Waals surface area (Å²) in [5.41, 5.74) is 1.51. The molecule has 1 amide bonds. The van der Waals surface area contributed by atoms with Gasteiger partial charge in [0.05, 0.1) is 12.8 Å². The monoisotopic (exact) mass is 365 g/mol. The molecule has 6 heteroatoms. The molecule has 27 heavy (non-hydrogen) atoms. The molecule has 0 saturated carbocycles. The number of methoxy groups -OCH3 is 1. The van der Waals surface area contributed by atoms with Crippen LogP contribution in [0.5, 0.6) is 11.5 Å². The van der Waals surface area contributed by atoms with E-state index in [1.807, 2.05) is 37.3 Å². The summed E-state index contributed by atoms with van der Waals surface area (Å²) in [7, 11) is 1.52. The molecule has 0 aromatic heterocycles. The number of carboxylic acid groups (broad SMARTS) is 1. The minimum absolute atomic E-state index is 0.00892. The fraction of sp³-hybridized carbons (Fsp3) is 0.143. The molecule has 3 aromatic carbocycles. The third kappa shape index (κ3) is 4.17. The number of hydrogen-bond donors (Lipinski definition) is 2. The van der Waals surface area contributed by atoms with Crippen molar-refractivity contribution in [3.05, 3.63) is 65.7 Å². The number of carbonyl (C=O) groups is 2. The molecule has 0 heterocycles. The molecule has 0 atom stereocenters. The zero-order chi connectivity index (χ0) is 19.4. The van der Waals surface area contributed by atoms with Crippen molar-refractivity contribution in [2.24, 2.45) is 0 Å². The predicted molar refractivity (Wildman–Crippen MR) is 103 cm³/mol. The molecule has 138 valence electrons. The maximum absolute atomic E-state index is 12.3. The average Bonchev–Trinajstić information content (AvgIpc) is 2.65. The molecule has 2 N–H and O–H groups in total. The van der Waals surface area contributed by atoms with Crippen molar-refractivity contribution < 1.29 is 24.2 Å². The van der Waals surface area contributed by atoms with Gasteiger partial charge in [0.25, 0.3) is 5.91 Å². The highest BCUT2D eigenvalue weighted by atomic mass is 16.5. The molecule has 0 radical (unpaired) electrons. The quantitative estimate of drug-likeness (QED) is 0.693. The van der Waals surface area contributed by atoms with Crippen molar-refractivity contribution in [2.45, 2.75) is 6.92 Å². The Kier molecular flexibility index (Phi) is 5.26. The van der Waals surface area contributed by atoms with E-state index in [1.54, 1.807) is 18.2 Å². The standard InChI is InChI=1S/C21H19NO5/c1-13-7-8-18(26-2)17(9-13)22-20(23)12-27-19-11-15-6-4-3-5-14(15)10-16(19)21(24)25/h3-11H,12H2,1-2H3,(H,22,23)(H,24,25). The Morgan fingerprint density at radius 3 is 2.37 bits per heavy atom. The van der Waals surface area contributed by atoms with Crippen LogP contribution in [0.4, 0.5) is 5.69 Å². The Labute approximate surface area is 156 Å². The summed E-state index contributed by atoms with van der Waals surface area (Å²) in [4.78, 5) is 23.8. The molecule has 0 bridgehead atoms. The highest BCUT2D eigenvalue weighted by molar-refractivity contribution is 5.98. The number of rotatable bonds is 6. The number of anilines is 1. The Hall–Kier alpha value is -3.54. The molecule has 0 aliphatic carbocycles. The van der Waals surface area contributed by atoms with Crippen molar-refractivity contribution in [3.8, 4) is 11.5 Å². The van der Waals surface area contributed by atoms with Gasteiger partial charge in [-0.3, -0.25) is 4.79 Å². The van der Waals surface area contributed by atoms with E-state index in [9.17, 15) is 14.7 Å². The number of amides is 1. The van der Waals surface area contributed by atoms with Crippen LogP contribution in [0, 0.1) is 6.92 Å². The molecule has 0 spiro atoms.